The van der Waals surface area contributed by atoms with E-state index in [0.717, 1.165) is 0 Å². The number of nitrogens with one attached hydrogen (secondary N) is 2. The van der Waals surface area contributed by atoms with Gasteiger partial charge in [0.15, 0.2) is 11.5 Å². The lowest BCUT2D eigenvalue weighted by molar-refractivity contribution is -0.124. The normalized spacial score (nSPS) is 11.9. The van der Waals surface area contributed by atoms with Gasteiger partial charge in [-0.1, -0.05) is 0 Å². The van der Waals surface area contributed by atoms with E-state index in [0.29, 0.717) is 30.2 Å². The van der Waals surface area contributed by atoms with E-state index in [1.54, 1.807) is 18.2 Å². The highest BCUT2D eigenvalue weighted by Gasteiger charge is 2.15. The molecule has 0 saturated carbocycles. The third kappa shape index (κ3) is 4.47. The van der Waals surface area contributed by atoms with Gasteiger partial charge in [-0.15, -0.1) is 0 Å². The minimum absolute atomic E-state index is 0.0220. The molecule has 1 aliphatic heterocycles. The van der Waals surface area contributed by atoms with Gasteiger partial charge in [-0.05, 0) is 25.1 Å². The van der Waals surface area contributed by atoms with Crippen LogP contribution in [0.15, 0.2) is 18.2 Å². The van der Waals surface area contributed by atoms with Crippen molar-refractivity contribution in [3.8, 4) is 11.5 Å². The molecule has 0 radical (unpaired) electrons. The first-order chi connectivity index (χ1) is 10.6. The molecule has 0 atom stereocenters. The largest absolute Gasteiger partial charge is 0.454 e. The minimum atomic E-state index is -0.253. The number of hydrogen-bond donors (Lipinski definition) is 2. The van der Waals surface area contributed by atoms with Gasteiger partial charge < -0.3 is 24.9 Å². The number of fused-ring (bicyclic) bond motifs is 1. The molecular weight excluding hydrogens is 288 g/mol. The van der Waals surface area contributed by atoms with Crippen LogP contribution in [0.1, 0.15) is 30.1 Å². The van der Waals surface area contributed by atoms with Crippen molar-refractivity contribution in [2.24, 2.45) is 0 Å². The molecule has 1 aromatic carbocycles. The molecule has 7 heteroatoms. The molecule has 1 heterocycles. The van der Waals surface area contributed by atoms with Crippen LogP contribution in [0.25, 0.3) is 0 Å². The Labute approximate surface area is 128 Å². The fraction of sp³-hybridized carbons (Fsp3) is 0.400. The van der Waals surface area contributed by atoms with Gasteiger partial charge >= 0.3 is 0 Å². The summed E-state index contributed by atoms with van der Waals surface area (Å²) < 4.78 is 10.4. The van der Waals surface area contributed by atoms with Gasteiger partial charge in [0.25, 0.3) is 5.91 Å². The Kier molecular flexibility index (Phi) is 5.35. The average molecular weight is 306 g/mol. The zero-order valence-corrected chi connectivity index (χ0v) is 12.3. The average Bonchev–Trinajstić information content (AvgIpc) is 2.96. The number of ether oxygens (including phenoxy) is 2. The van der Waals surface area contributed by atoms with E-state index in [1.165, 1.54) is 6.92 Å². The molecule has 22 heavy (non-hydrogen) atoms. The van der Waals surface area contributed by atoms with Crippen molar-refractivity contribution in [2.45, 2.75) is 19.8 Å². The zero-order chi connectivity index (χ0) is 15.9. The van der Waals surface area contributed by atoms with E-state index >= 15 is 0 Å². The summed E-state index contributed by atoms with van der Waals surface area (Å²) in [6, 6.07) is 4.94. The van der Waals surface area contributed by atoms with Gasteiger partial charge in [-0.3, -0.25) is 9.59 Å². The second-order valence-electron chi connectivity index (χ2n) is 4.88. The van der Waals surface area contributed by atoms with Crippen molar-refractivity contribution in [2.75, 3.05) is 19.9 Å². The summed E-state index contributed by atoms with van der Waals surface area (Å²) in [6.45, 7) is 2.22. The van der Waals surface area contributed by atoms with E-state index < -0.39 is 0 Å². The molecule has 0 bridgehead atoms. The summed E-state index contributed by atoms with van der Waals surface area (Å²) in [5.41, 5.74) is 0.465. The van der Waals surface area contributed by atoms with Crippen LogP contribution in [0, 0.1) is 0 Å². The van der Waals surface area contributed by atoms with E-state index in [4.69, 9.17) is 9.47 Å². The lowest BCUT2D eigenvalue weighted by Crippen LogP contribution is -2.34. The van der Waals surface area contributed by atoms with Crippen LogP contribution >= 0.6 is 0 Å². The first-order valence-corrected chi connectivity index (χ1v) is 7.00. The highest BCUT2D eigenvalue weighted by molar-refractivity contribution is 5.95. The maximum atomic E-state index is 11.9. The van der Waals surface area contributed by atoms with E-state index in [-0.39, 0.29) is 37.2 Å². The van der Waals surface area contributed by atoms with Crippen molar-refractivity contribution in [3.63, 3.8) is 0 Å². The Bertz CT molecular complexity index is 585. The minimum Gasteiger partial charge on any atom is -0.454 e. The van der Waals surface area contributed by atoms with Crippen LogP contribution < -0.4 is 20.1 Å². The molecule has 0 unspecified atom stereocenters. The third-order valence-corrected chi connectivity index (χ3v) is 3.07. The molecule has 2 amide bonds. The zero-order valence-electron chi connectivity index (χ0n) is 12.3. The smallest absolute Gasteiger partial charge is 0.251 e. The van der Waals surface area contributed by atoms with Gasteiger partial charge in [-0.25, -0.2) is 0 Å². The predicted molar refractivity (Wildman–Crippen MR) is 77.8 cm³/mol. The van der Waals surface area contributed by atoms with Gasteiger partial charge in [0.2, 0.25) is 12.7 Å². The van der Waals surface area contributed by atoms with Crippen LogP contribution in [0.2, 0.25) is 0 Å². The van der Waals surface area contributed by atoms with Crippen molar-refractivity contribution in [3.05, 3.63) is 23.8 Å². The van der Waals surface area contributed by atoms with Gasteiger partial charge in [0.1, 0.15) is 5.78 Å². The summed E-state index contributed by atoms with van der Waals surface area (Å²) in [5.74, 6) is 0.689. The van der Waals surface area contributed by atoms with E-state index in [2.05, 4.69) is 10.6 Å². The number of Topliss-reactive ketones (excluding diaryl/α,β-unsaturated/α-hetero) is 1. The molecule has 0 saturated heterocycles. The first-order valence-electron chi connectivity index (χ1n) is 7.00. The lowest BCUT2D eigenvalue weighted by atomic mass is 10.2. The third-order valence-electron chi connectivity index (χ3n) is 3.07. The van der Waals surface area contributed by atoms with Crippen molar-refractivity contribution in [1.82, 2.24) is 10.6 Å². The van der Waals surface area contributed by atoms with E-state index in [1.807, 2.05) is 0 Å². The number of hydrogen-bond acceptors (Lipinski definition) is 5. The van der Waals surface area contributed by atoms with Crippen LogP contribution in [0.5, 0.6) is 11.5 Å². The topological polar surface area (TPSA) is 93.7 Å². The maximum Gasteiger partial charge on any atom is 0.251 e. The van der Waals surface area contributed by atoms with Crippen LogP contribution in [0.4, 0.5) is 0 Å². The fourth-order valence-corrected chi connectivity index (χ4v) is 1.90. The molecular formula is C15H18N2O5. The highest BCUT2D eigenvalue weighted by atomic mass is 16.7. The van der Waals surface area contributed by atoms with Crippen molar-refractivity contribution < 1.29 is 23.9 Å². The molecule has 2 rings (SSSR count). The standard InChI is InChI=1S/C15H18N2O5/c1-10(18)2-5-14(19)16-6-7-17-15(20)11-3-4-12-13(8-11)22-9-21-12/h3-4,8H,2,5-7,9H2,1H3,(H,16,19)(H,17,20). The van der Waals surface area contributed by atoms with Crippen molar-refractivity contribution >= 4 is 17.6 Å². The Hall–Kier alpha value is -2.57. The van der Waals surface area contributed by atoms with Crippen molar-refractivity contribution in [1.29, 1.82) is 0 Å². The Balaban J connectivity index is 1.70. The molecule has 0 aromatic heterocycles. The Morgan fingerprint density at radius 3 is 2.55 bits per heavy atom. The summed E-state index contributed by atoms with van der Waals surface area (Å²) in [4.78, 5) is 34.1. The fourth-order valence-electron chi connectivity index (χ4n) is 1.90. The molecule has 1 aromatic rings. The van der Waals surface area contributed by atoms with Gasteiger partial charge in [-0.2, -0.15) is 0 Å². The second kappa shape index (κ2) is 7.44. The molecule has 0 aliphatic carbocycles. The number of benzene rings is 1. The molecule has 1 aliphatic rings. The molecule has 118 valence electrons. The highest BCUT2D eigenvalue weighted by Crippen LogP contribution is 2.32. The van der Waals surface area contributed by atoms with Crippen LogP contribution in [-0.2, 0) is 9.59 Å². The van der Waals surface area contributed by atoms with E-state index in [9.17, 15) is 14.4 Å². The summed E-state index contributed by atoms with van der Waals surface area (Å²) >= 11 is 0. The van der Waals surface area contributed by atoms with Crippen LogP contribution in [-0.4, -0.2) is 37.5 Å². The number of carbonyl (C=O) groups excluding carboxylic acids is 3. The number of ketones is 1. The predicted octanol–water partition coefficient (Wildman–Crippen LogP) is 0.631. The maximum absolute atomic E-state index is 11.9. The Morgan fingerprint density at radius 1 is 1.05 bits per heavy atom. The molecule has 2 N–H and O–H groups in total. The molecule has 0 spiro atoms. The molecule has 7 nitrogen and oxygen atoms in total. The number of rotatable bonds is 7. The SMILES string of the molecule is CC(=O)CCC(=O)NCCNC(=O)c1ccc2c(c1)OCO2. The van der Waals surface area contributed by atoms with Crippen LogP contribution in [0.3, 0.4) is 0 Å². The summed E-state index contributed by atoms with van der Waals surface area (Å²) in [5, 5.41) is 5.33. The van der Waals surface area contributed by atoms with Gasteiger partial charge in [0.05, 0.1) is 0 Å². The molecule has 0 fully saturated rings. The second-order valence-corrected chi connectivity index (χ2v) is 4.88. The summed E-state index contributed by atoms with van der Waals surface area (Å²) in [7, 11) is 0. The lowest BCUT2D eigenvalue weighted by Gasteiger charge is -2.07. The van der Waals surface area contributed by atoms with Gasteiger partial charge in [0, 0.05) is 31.5 Å². The summed E-state index contributed by atoms with van der Waals surface area (Å²) in [6.07, 6.45) is 0.404. The first kappa shape index (κ1) is 15.8. The Morgan fingerprint density at radius 2 is 1.77 bits per heavy atom. The number of carbonyl (C=O) groups is 3. The monoisotopic (exact) mass is 306 g/mol. The number of amides is 2. The quantitative estimate of drug-likeness (QED) is 0.721.